The maximum Gasteiger partial charge on any atom is 0.341 e. The Kier molecular flexibility index (Phi) is 5.76. The number of halogens is 1. The number of carbonyl (C=O) groups is 2. The standard InChI is InChI=1S/C17H15FO4S/c1-2-22-17(21)14-8-7-13(10-15(14)18)23-12-5-3-11(4-6-12)9-16(19)20/h3-8,10H,2,9H2,1H3,(H,19,20). The first-order valence-electron chi connectivity index (χ1n) is 6.95. The lowest BCUT2D eigenvalue weighted by Crippen LogP contribution is -2.07. The number of aliphatic carboxylic acids is 1. The van der Waals surface area contributed by atoms with Crippen LogP contribution in [0.1, 0.15) is 22.8 Å². The van der Waals surface area contributed by atoms with E-state index in [1.165, 1.54) is 23.9 Å². The van der Waals surface area contributed by atoms with Gasteiger partial charge in [0.05, 0.1) is 18.6 Å². The number of benzene rings is 2. The number of ether oxygens (including phenoxy) is 1. The molecule has 0 heterocycles. The molecule has 0 saturated carbocycles. The second-order valence-electron chi connectivity index (χ2n) is 4.68. The van der Waals surface area contributed by atoms with Gasteiger partial charge in [0.25, 0.3) is 0 Å². The molecule has 0 fully saturated rings. The molecular formula is C17H15FO4S. The molecule has 0 atom stereocenters. The minimum Gasteiger partial charge on any atom is -0.481 e. The number of carbonyl (C=O) groups excluding carboxylic acids is 1. The molecular weight excluding hydrogens is 319 g/mol. The lowest BCUT2D eigenvalue weighted by atomic mass is 10.2. The van der Waals surface area contributed by atoms with E-state index in [1.807, 2.05) is 0 Å². The van der Waals surface area contributed by atoms with Gasteiger partial charge in [-0.2, -0.15) is 0 Å². The Balaban J connectivity index is 2.10. The quantitative estimate of drug-likeness (QED) is 0.815. The Hall–Kier alpha value is -2.34. The average molecular weight is 334 g/mol. The van der Waals surface area contributed by atoms with Crippen molar-refractivity contribution in [1.29, 1.82) is 0 Å². The van der Waals surface area contributed by atoms with E-state index in [4.69, 9.17) is 9.84 Å². The molecule has 0 aliphatic carbocycles. The third-order valence-corrected chi connectivity index (χ3v) is 3.95. The van der Waals surface area contributed by atoms with Crippen LogP contribution in [0.4, 0.5) is 4.39 Å². The van der Waals surface area contributed by atoms with Crippen molar-refractivity contribution in [3.63, 3.8) is 0 Å². The molecule has 120 valence electrons. The van der Waals surface area contributed by atoms with E-state index >= 15 is 0 Å². The fraction of sp³-hybridized carbons (Fsp3) is 0.176. The van der Waals surface area contributed by atoms with Crippen LogP contribution in [-0.2, 0) is 16.0 Å². The van der Waals surface area contributed by atoms with Crippen molar-refractivity contribution in [3.05, 3.63) is 59.4 Å². The van der Waals surface area contributed by atoms with E-state index in [0.717, 1.165) is 4.90 Å². The fourth-order valence-electron chi connectivity index (χ4n) is 1.92. The van der Waals surface area contributed by atoms with Crippen molar-refractivity contribution in [3.8, 4) is 0 Å². The van der Waals surface area contributed by atoms with Crippen molar-refractivity contribution in [2.75, 3.05) is 6.61 Å². The highest BCUT2D eigenvalue weighted by Gasteiger charge is 2.13. The van der Waals surface area contributed by atoms with Crippen molar-refractivity contribution in [2.24, 2.45) is 0 Å². The molecule has 0 aliphatic heterocycles. The van der Waals surface area contributed by atoms with Gasteiger partial charge in [0.15, 0.2) is 0 Å². The second-order valence-corrected chi connectivity index (χ2v) is 5.83. The molecule has 2 aromatic carbocycles. The topological polar surface area (TPSA) is 63.6 Å². The molecule has 0 spiro atoms. The number of carboxylic acid groups (broad SMARTS) is 1. The van der Waals surface area contributed by atoms with Crippen LogP contribution in [0.2, 0.25) is 0 Å². The smallest absolute Gasteiger partial charge is 0.341 e. The molecule has 0 unspecified atom stereocenters. The molecule has 1 N–H and O–H groups in total. The molecule has 0 saturated heterocycles. The predicted octanol–water partition coefficient (Wildman–Crippen LogP) is 3.78. The molecule has 4 nitrogen and oxygen atoms in total. The summed E-state index contributed by atoms with van der Waals surface area (Å²) < 4.78 is 18.7. The largest absolute Gasteiger partial charge is 0.481 e. The summed E-state index contributed by atoms with van der Waals surface area (Å²) in [7, 11) is 0. The van der Waals surface area contributed by atoms with Crippen molar-refractivity contribution in [1.82, 2.24) is 0 Å². The molecule has 0 aliphatic rings. The molecule has 6 heteroatoms. The van der Waals surface area contributed by atoms with Crippen LogP contribution in [-0.4, -0.2) is 23.7 Å². The monoisotopic (exact) mass is 334 g/mol. The molecule has 0 bridgehead atoms. The molecule has 2 rings (SSSR count). The van der Waals surface area contributed by atoms with E-state index in [2.05, 4.69) is 0 Å². The molecule has 0 aromatic heterocycles. The highest BCUT2D eigenvalue weighted by atomic mass is 32.2. The second kappa shape index (κ2) is 7.78. The van der Waals surface area contributed by atoms with Crippen molar-refractivity contribution in [2.45, 2.75) is 23.1 Å². The maximum atomic E-state index is 14.0. The Bertz CT molecular complexity index is 713. The summed E-state index contributed by atoms with van der Waals surface area (Å²) in [5.74, 6) is -2.20. The summed E-state index contributed by atoms with van der Waals surface area (Å²) in [5.41, 5.74) is 0.610. The maximum absolute atomic E-state index is 14.0. The summed E-state index contributed by atoms with van der Waals surface area (Å²) in [6, 6.07) is 11.3. The van der Waals surface area contributed by atoms with Gasteiger partial charge in [-0.25, -0.2) is 9.18 Å². The van der Waals surface area contributed by atoms with E-state index in [9.17, 15) is 14.0 Å². The van der Waals surface area contributed by atoms with Gasteiger partial charge in [-0.3, -0.25) is 4.79 Å². The van der Waals surface area contributed by atoms with Gasteiger partial charge in [-0.15, -0.1) is 0 Å². The van der Waals surface area contributed by atoms with Gasteiger partial charge < -0.3 is 9.84 Å². The third kappa shape index (κ3) is 4.82. The zero-order chi connectivity index (χ0) is 16.8. The van der Waals surface area contributed by atoms with Crippen LogP contribution in [0.5, 0.6) is 0 Å². The average Bonchev–Trinajstić information content (AvgIpc) is 2.49. The zero-order valence-corrected chi connectivity index (χ0v) is 13.2. The minimum atomic E-state index is -0.887. The van der Waals surface area contributed by atoms with Crippen molar-refractivity contribution >= 4 is 23.7 Å². The highest BCUT2D eigenvalue weighted by Crippen LogP contribution is 2.29. The first-order valence-corrected chi connectivity index (χ1v) is 7.76. The van der Waals surface area contributed by atoms with Crippen LogP contribution in [0.15, 0.2) is 52.3 Å². The number of hydrogen-bond donors (Lipinski definition) is 1. The van der Waals surface area contributed by atoms with Gasteiger partial charge in [-0.05, 0) is 42.8 Å². The Morgan fingerprint density at radius 1 is 1.13 bits per heavy atom. The van der Waals surface area contributed by atoms with Gasteiger partial charge in [0, 0.05) is 9.79 Å². The lowest BCUT2D eigenvalue weighted by Gasteiger charge is -2.06. The molecule has 23 heavy (non-hydrogen) atoms. The number of rotatable bonds is 6. The van der Waals surface area contributed by atoms with E-state index < -0.39 is 17.8 Å². The first-order chi connectivity index (χ1) is 11.0. The summed E-state index contributed by atoms with van der Waals surface area (Å²) >= 11 is 1.32. The number of hydrogen-bond acceptors (Lipinski definition) is 4. The summed E-state index contributed by atoms with van der Waals surface area (Å²) in [4.78, 5) is 23.7. The Labute approximate surface area is 137 Å². The lowest BCUT2D eigenvalue weighted by molar-refractivity contribution is -0.136. The normalized spacial score (nSPS) is 10.3. The van der Waals surface area contributed by atoms with Crippen LogP contribution in [0.25, 0.3) is 0 Å². The molecule has 2 aromatic rings. The van der Waals surface area contributed by atoms with Crippen LogP contribution < -0.4 is 0 Å². The van der Waals surface area contributed by atoms with Crippen LogP contribution in [0, 0.1) is 5.82 Å². The van der Waals surface area contributed by atoms with Gasteiger partial charge in [0.1, 0.15) is 5.82 Å². The number of esters is 1. The molecule has 0 radical (unpaired) electrons. The minimum absolute atomic E-state index is 0.0339. The van der Waals surface area contributed by atoms with Crippen molar-refractivity contribution < 1.29 is 23.8 Å². The van der Waals surface area contributed by atoms with Crippen LogP contribution in [0.3, 0.4) is 0 Å². The highest BCUT2D eigenvalue weighted by molar-refractivity contribution is 7.99. The van der Waals surface area contributed by atoms with Crippen LogP contribution >= 0.6 is 11.8 Å². The first kappa shape index (κ1) is 17.0. The summed E-state index contributed by atoms with van der Waals surface area (Å²) in [6.45, 7) is 1.85. The SMILES string of the molecule is CCOC(=O)c1ccc(Sc2ccc(CC(=O)O)cc2)cc1F. The predicted molar refractivity (Wildman–Crippen MR) is 84.3 cm³/mol. The number of carboxylic acids is 1. The summed E-state index contributed by atoms with van der Waals surface area (Å²) in [6.07, 6.45) is -0.0339. The van der Waals surface area contributed by atoms with Gasteiger partial charge >= 0.3 is 11.9 Å². The molecule has 0 amide bonds. The summed E-state index contributed by atoms with van der Waals surface area (Å²) in [5, 5.41) is 8.73. The Morgan fingerprint density at radius 2 is 1.78 bits per heavy atom. The van der Waals surface area contributed by atoms with Gasteiger partial charge in [0.2, 0.25) is 0 Å². The Morgan fingerprint density at radius 3 is 2.35 bits per heavy atom. The van der Waals surface area contributed by atoms with Gasteiger partial charge in [-0.1, -0.05) is 23.9 Å². The fourth-order valence-corrected chi connectivity index (χ4v) is 2.76. The van der Waals surface area contributed by atoms with E-state index in [-0.39, 0.29) is 18.6 Å². The third-order valence-electron chi connectivity index (χ3n) is 2.95. The van der Waals surface area contributed by atoms with E-state index in [1.54, 1.807) is 37.3 Å². The zero-order valence-electron chi connectivity index (χ0n) is 12.4. The van der Waals surface area contributed by atoms with E-state index in [0.29, 0.717) is 10.5 Å².